The molecule has 0 saturated carbocycles. The van der Waals surface area contributed by atoms with Crippen LogP contribution in [0.2, 0.25) is 0 Å². The van der Waals surface area contributed by atoms with Gasteiger partial charge in [0, 0.05) is 18.2 Å². The molecule has 1 amide bonds. The minimum atomic E-state index is -0.512. The van der Waals surface area contributed by atoms with Crippen LogP contribution in [0, 0.1) is 10.1 Å². The molecule has 21 heavy (non-hydrogen) atoms. The fourth-order valence-electron chi connectivity index (χ4n) is 1.67. The van der Waals surface area contributed by atoms with Crippen LogP contribution in [0.4, 0.5) is 11.4 Å². The Labute approximate surface area is 128 Å². The zero-order chi connectivity index (χ0) is 15.4. The van der Waals surface area contributed by atoms with Gasteiger partial charge in [-0.3, -0.25) is 20.0 Å². The highest BCUT2D eigenvalue weighted by atomic mass is 79.9. The first-order chi connectivity index (χ1) is 10.0. The molecule has 0 spiro atoms. The summed E-state index contributed by atoms with van der Waals surface area (Å²) in [6.07, 6.45) is 1.61. The van der Waals surface area contributed by atoms with Crippen molar-refractivity contribution >= 4 is 33.2 Å². The van der Waals surface area contributed by atoms with Crippen molar-refractivity contribution in [2.75, 3.05) is 5.32 Å². The second kappa shape index (κ2) is 6.44. The van der Waals surface area contributed by atoms with Crippen LogP contribution >= 0.6 is 15.9 Å². The third-order valence-electron chi connectivity index (χ3n) is 2.62. The number of nitrogens with one attached hydrogen (secondary N) is 2. The Kier molecular flexibility index (Phi) is 4.63. The number of nitro benzene ring substituents is 1. The van der Waals surface area contributed by atoms with E-state index < -0.39 is 10.8 Å². The predicted octanol–water partition coefficient (Wildman–Crippen LogP) is 2.68. The van der Waals surface area contributed by atoms with Gasteiger partial charge in [0.1, 0.15) is 5.82 Å². The van der Waals surface area contributed by atoms with Crippen molar-refractivity contribution < 1.29 is 9.72 Å². The number of H-pyrrole nitrogens is 1. The summed E-state index contributed by atoms with van der Waals surface area (Å²) in [6.45, 7) is 2.00. The SMILES string of the molecule is CCCc1nc(C(=O)Nc2ccc([N+](=O)[O-])c(Br)c2)n[nH]1. The summed E-state index contributed by atoms with van der Waals surface area (Å²) in [7, 11) is 0. The van der Waals surface area contributed by atoms with E-state index in [9.17, 15) is 14.9 Å². The van der Waals surface area contributed by atoms with Crippen LogP contribution in [0.1, 0.15) is 29.8 Å². The molecule has 0 fully saturated rings. The van der Waals surface area contributed by atoms with E-state index in [1.54, 1.807) is 0 Å². The van der Waals surface area contributed by atoms with Crippen molar-refractivity contribution in [3.8, 4) is 0 Å². The highest BCUT2D eigenvalue weighted by Crippen LogP contribution is 2.27. The second-order valence-corrected chi connectivity index (χ2v) is 5.09. The summed E-state index contributed by atoms with van der Waals surface area (Å²) in [4.78, 5) is 26.2. The summed E-state index contributed by atoms with van der Waals surface area (Å²) in [6, 6.07) is 4.20. The Hall–Kier alpha value is -2.29. The molecule has 2 rings (SSSR count). The van der Waals surface area contributed by atoms with E-state index in [4.69, 9.17) is 0 Å². The quantitative estimate of drug-likeness (QED) is 0.633. The van der Waals surface area contributed by atoms with Crippen molar-refractivity contribution in [2.45, 2.75) is 19.8 Å². The van der Waals surface area contributed by atoms with Gasteiger partial charge in [-0.2, -0.15) is 0 Å². The topological polar surface area (TPSA) is 114 Å². The van der Waals surface area contributed by atoms with Gasteiger partial charge < -0.3 is 5.32 Å². The first-order valence-electron chi connectivity index (χ1n) is 6.17. The number of rotatable bonds is 5. The number of aryl methyl sites for hydroxylation is 1. The second-order valence-electron chi connectivity index (χ2n) is 4.23. The Morgan fingerprint density at radius 2 is 2.29 bits per heavy atom. The molecule has 1 aromatic heterocycles. The molecule has 0 aliphatic carbocycles. The van der Waals surface area contributed by atoms with Crippen molar-refractivity contribution in [1.29, 1.82) is 0 Å². The molecule has 0 saturated heterocycles. The molecule has 1 aromatic carbocycles. The fraction of sp³-hybridized carbons (Fsp3) is 0.250. The number of benzene rings is 1. The van der Waals surface area contributed by atoms with Crippen molar-refractivity contribution in [2.24, 2.45) is 0 Å². The molecule has 9 heteroatoms. The van der Waals surface area contributed by atoms with Gasteiger partial charge in [0.25, 0.3) is 11.6 Å². The molecule has 8 nitrogen and oxygen atoms in total. The average Bonchev–Trinajstić information content (AvgIpc) is 2.87. The number of carbonyl (C=O) groups excluding carboxylic acids is 1. The molecule has 0 unspecified atom stereocenters. The van der Waals surface area contributed by atoms with Crippen LogP contribution < -0.4 is 5.32 Å². The zero-order valence-corrected chi connectivity index (χ0v) is 12.7. The van der Waals surface area contributed by atoms with Crippen LogP contribution in [-0.2, 0) is 6.42 Å². The van der Waals surface area contributed by atoms with Crippen LogP contribution in [0.5, 0.6) is 0 Å². The maximum atomic E-state index is 12.0. The summed E-state index contributed by atoms with van der Waals surface area (Å²) in [5.74, 6) is 0.204. The van der Waals surface area contributed by atoms with Crippen molar-refractivity contribution in [3.05, 3.63) is 44.4 Å². The van der Waals surface area contributed by atoms with Crippen molar-refractivity contribution in [3.63, 3.8) is 0 Å². The van der Waals surface area contributed by atoms with Crippen LogP contribution in [0.3, 0.4) is 0 Å². The number of aromatic nitrogens is 3. The highest BCUT2D eigenvalue weighted by molar-refractivity contribution is 9.10. The van der Waals surface area contributed by atoms with Gasteiger partial charge >= 0.3 is 0 Å². The molecular weight excluding hydrogens is 342 g/mol. The number of hydrogen-bond donors (Lipinski definition) is 2. The van der Waals surface area contributed by atoms with Crippen LogP contribution in [-0.4, -0.2) is 26.0 Å². The smallest absolute Gasteiger partial charge is 0.295 e. The number of carbonyl (C=O) groups is 1. The first kappa shape index (κ1) is 15.1. The number of halogens is 1. The van der Waals surface area contributed by atoms with Gasteiger partial charge in [0.2, 0.25) is 5.82 Å². The summed E-state index contributed by atoms with van der Waals surface area (Å²) in [5, 5.41) is 19.8. The highest BCUT2D eigenvalue weighted by Gasteiger charge is 2.15. The molecule has 1 heterocycles. The van der Waals surface area contributed by atoms with Crippen LogP contribution in [0.25, 0.3) is 0 Å². The minimum absolute atomic E-state index is 0.0351. The van der Waals surface area contributed by atoms with Gasteiger partial charge in [-0.1, -0.05) is 6.92 Å². The van der Waals surface area contributed by atoms with E-state index >= 15 is 0 Å². The van der Waals surface area contributed by atoms with E-state index in [1.165, 1.54) is 18.2 Å². The number of amides is 1. The monoisotopic (exact) mass is 353 g/mol. The number of anilines is 1. The Balaban J connectivity index is 2.11. The summed E-state index contributed by atoms with van der Waals surface area (Å²) < 4.78 is 0.284. The number of nitro groups is 1. The zero-order valence-electron chi connectivity index (χ0n) is 11.1. The normalized spacial score (nSPS) is 10.4. The fourth-order valence-corrected chi connectivity index (χ4v) is 2.19. The van der Waals surface area contributed by atoms with Gasteiger partial charge in [-0.15, -0.1) is 5.10 Å². The Bertz CT molecular complexity index is 685. The lowest BCUT2D eigenvalue weighted by Gasteiger charge is -2.03. The van der Waals surface area contributed by atoms with Crippen molar-refractivity contribution in [1.82, 2.24) is 15.2 Å². The maximum Gasteiger partial charge on any atom is 0.295 e. The van der Waals surface area contributed by atoms with E-state index in [2.05, 4.69) is 36.4 Å². The average molecular weight is 354 g/mol. The first-order valence-corrected chi connectivity index (χ1v) is 6.97. The third kappa shape index (κ3) is 3.63. The van der Waals surface area contributed by atoms with Crippen LogP contribution in [0.15, 0.2) is 22.7 Å². The Morgan fingerprint density at radius 1 is 1.52 bits per heavy atom. The molecule has 2 N–H and O–H groups in total. The standard InChI is InChI=1S/C12H12BrN5O3/c1-2-3-10-15-11(17-16-10)12(19)14-7-4-5-9(18(20)21)8(13)6-7/h4-6H,2-3H2,1H3,(H,14,19)(H,15,16,17). The molecule has 0 aliphatic heterocycles. The summed E-state index contributed by atoms with van der Waals surface area (Å²) in [5.41, 5.74) is 0.343. The number of aromatic amines is 1. The molecule has 110 valence electrons. The molecule has 0 atom stereocenters. The van der Waals surface area contributed by atoms with Gasteiger partial charge in [-0.25, -0.2) is 4.98 Å². The van der Waals surface area contributed by atoms with E-state index in [-0.39, 0.29) is 16.0 Å². The number of nitrogens with zero attached hydrogens (tertiary/aromatic N) is 3. The lowest BCUT2D eigenvalue weighted by atomic mass is 10.3. The molecule has 2 aromatic rings. The number of hydrogen-bond acceptors (Lipinski definition) is 5. The maximum absolute atomic E-state index is 12.0. The minimum Gasteiger partial charge on any atom is -0.319 e. The van der Waals surface area contributed by atoms with E-state index in [0.29, 0.717) is 17.9 Å². The summed E-state index contributed by atoms with van der Waals surface area (Å²) >= 11 is 3.09. The largest absolute Gasteiger partial charge is 0.319 e. The Morgan fingerprint density at radius 3 is 2.90 bits per heavy atom. The lowest BCUT2D eigenvalue weighted by Crippen LogP contribution is -2.14. The van der Waals surface area contributed by atoms with E-state index in [0.717, 1.165) is 6.42 Å². The predicted molar refractivity (Wildman–Crippen MR) is 79.1 cm³/mol. The third-order valence-corrected chi connectivity index (χ3v) is 3.26. The van der Waals surface area contributed by atoms with Gasteiger partial charge in [0.05, 0.1) is 9.40 Å². The van der Waals surface area contributed by atoms with E-state index in [1.807, 2.05) is 6.92 Å². The van der Waals surface area contributed by atoms with Gasteiger partial charge in [-0.05, 0) is 34.5 Å². The molecule has 0 radical (unpaired) electrons. The molecular formula is C12H12BrN5O3. The molecule has 0 bridgehead atoms. The molecule has 0 aliphatic rings. The lowest BCUT2D eigenvalue weighted by molar-refractivity contribution is -0.385. The van der Waals surface area contributed by atoms with Gasteiger partial charge in [0.15, 0.2) is 0 Å².